The summed E-state index contributed by atoms with van der Waals surface area (Å²) in [4.78, 5) is 18.2. The molecule has 7 nitrogen and oxygen atoms in total. The Morgan fingerprint density at radius 3 is 2.87 bits per heavy atom. The lowest BCUT2D eigenvalue weighted by Gasteiger charge is -2.29. The molecule has 23 heavy (non-hydrogen) atoms. The van der Waals surface area contributed by atoms with Gasteiger partial charge in [0.1, 0.15) is 0 Å². The molecule has 2 heterocycles. The molecular formula is C15H23N3O4S. The highest BCUT2D eigenvalue weighted by molar-refractivity contribution is 7.91. The van der Waals surface area contributed by atoms with Crippen molar-refractivity contribution in [3.63, 3.8) is 0 Å². The van der Waals surface area contributed by atoms with Crippen LogP contribution in [0, 0.1) is 0 Å². The molecule has 0 bridgehead atoms. The minimum Gasteiger partial charge on any atom is -0.383 e. The number of pyridine rings is 1. The Labute approximate surface area is 137 Å². The zero-order valence-corrected chi connectivity index (χ0v) is 14.3. The lowest BCUT2D eigenvalue weighted by Crippen LogP contribution is -2.36. The van der Waals surface area contributed by atoms with E-state index in [0.717, 1.165) is 5.69 Å². The normalized spacial score (nSPS) is 19.5. The highest BCUT2D eigenvalue weighted by Crippen LogP contribution is 2.24. The molecule has 1 unspecified atom stereocenters. The van der Waals surface area contributed by atoms with Gasteiger partial charge in [0.05, 0.1) is 35.6 Å². The number of hydrogen-bond donors (Lipinski definition) is 1. The summed E-state index contributed by atoms with van der Waals surface area (Å²) in [5, 5.41) is 2.75. The molecule has 1 amide bonds. The van der Waals surface area contributed by atoms with E-state index in [2.05, 4.69) is 10.3 Å². The molecule has 1 saturated heterocycles. The largest absolute Gasteiger partial charge is 0.383 e. The van der Waals surface area contributed by atoms with E-state index in [1.807, 2.05) is 11.8 Å². The molecule has 0 radical (unpaired) electrons. The van der Waals surface area contributed by atoms with Crippen LogP contribution in [0.5, 0.6) is 0 Å². The van der Waals surface area contributed by atoms with Gasteiger partial charge in [-0.3, -0.25) is 9.78 Å². The first kappa shape index (κ1) is 17.7. The number of carbonyl (C=O) groups is 1. The average Bonchev–Trinajstić information content (AvgIpc) is 2.88. The zero-order chi connectivity index (χ0) is 16.9. The molecule has 1 aliphatic heterocycles. The van der Waals surface area contributed by atoms with Gasteiger partial charge >= 0.3 is 0 Å². The molecule has 1 aromatic rings. The summed E-state index contributed by atoms with van der Waals surface area (Å²) in [5.74, 6) is 0.163. The minimum absolute atomic E-state index is 0.0568. The number of nitrogens with one attached hydrogen (secondary N) is 1. The molecule has 0 aliphatic carbocycles. The first-order valence-corrected chi connectivity index (χ1v) is 9.48. The predicted octanol–water partition coefficient (Wildman–Crippen LogP) is 0.471. The van der Waals surface area contributed by atoms with E-state index in [1.165, 1.54) is 6.20 Å². The molecular weight excluding hydrogens is 318 g/mol. The molecule has 1 aliphatic rings. The van der Waals surface area contributed by atoms with Crippen molar-refractivity contribution in [1.82, 2.24) is 10.3 Å². The second-order valence-electron chi connectivity index (χ2n) is 5.52. The maximum Gasteiger partial charge on any atom is 0.253 e. The van der Waals surface area contributed by atoms with Gasteiger partial charge in [0.2, 0.25) is 0 Å². The third-order valence-corrected chi connectivity index (χ3v) is 5.65. The lowest BCUT2D eigenvalue weighted by atomic mass is 10.1. The topological polar surface area (TPSA) is 88.6 Å². The van der Waals surface area contributed by atoms with Crippen molar-refractivity contribution in [2.24, 2.45) is 0 Å². The average molecular weight is 341 g/mol. The van der Waals surface area contributed by atoms with Gasteiger partial charge in [-0.2, -0.15) is 0 Å². The predicted molar refractivity (Wildman–Crippen MR) is 88.5 cm³/mol. The Morgan fingerprint density at radius 1 is 1.48 bits per heavy atom. The summed E-state index contributed by atoms with van der Waals surface area (Å²) in [7, 11) is -1.38. The maximum absolute atomic E-state index is 12.1. The number of rotatable bonds is 7. The SMILES string of the molecule is CCN(c1cncc(C(=O)NCCOC)c1)C1CCS(=O)(=O)C1. The van der Waals surface area contributed by atoms with Gasteiger partial charge in [0.15, 0.2) is 9.84 Å². The smallest absolute Gasteiger partial charge is 0.253 e. The van der Waals surface area contributed by atoms with Gasteiger partial charge in [0, 0.05) is 32.4 Å². The number of aromatic nitrogens is 1. The summed E-state index contributed by atoms with van der Waals surface area (Å²) in [6.07, 6.45) is 3.78. The molecule has 2 rings (SSSR count). The third kappa shape index (κ3) is 4.65. The minimum atomic E-state index is -2.96. The van der Waals surface area contributed by atoms with Crippen LogP contribution in [0.25, 0.3) is 0 Å². The summed E-state index contributed by atoms with van der Waals surface area (Å²) < 4.78 is 28.3. The number of nitrogens with zero attached hydrogens (tertiary/aromatic N) is 2. The van der Waals surface area contributed by atoms with Crippen LogP contribution < -0.4 is 10.2 Å². The fourth-order valence-electron chi connectivity index (χ4n) is 2.75. The number of methoxy groups -OCH3 is 1. The van der Waals surface area contributed by atoms with Gasteiger partial charge in [-0.15, -0.1) is 0 Å². The molecule has 1 fully saturated rings. The molecule has 1 atom stereocenters. The summed E-state index contributed by atoms with van der Waals surface area (Å²) in [5.41, 5.74) is 1.23. The van der Waals surface area contributed by atoms with Crippen LogP contribution in [0.1, 0.15) is 23.7 Å². The van der Waals surface area contributed by atoms with Crippen LogP contribution in [0.15, 0.2) is 18.5 Å². The van der Waals surface area contributed by atoms with Gasteiger partial charge in [0.25, 0.3) is 5.91 Å². The van der Waals surface area contributed by atoms with E-state index in [0.29, 0.717) is 31.7 Å². The maximum atomic E-state index is 12.1. The summed E-state index contributed by atoms with van der Waals surface area (Å²) in [6.45, 7) is 3.50. The van der Waals surface area contributed by atoms with Gasteiger partial charge in [-0.1, -0.05) is 0 Å². The van der Waals surface area contributed by atoms with Gasteiger partial charge in [-0.05, 0) is 19.4 Å². The van der Waals surface area contributed by atoms with Crippen molar-refractivity contribution in [3.8, 4) is 0 Å². The van der Waals surface area contributed by atoms with Crippen molar-refractivity contribution in [2.75, 3.05) is 43.2 Å². The number of amides is 1. The number of anilines is 1. The van der Waals surface area contributed by atoms with Gasteiger partial charge in [-0.25, -0.2) is 8.42 Å². The Hall–Kier alpha value is -1.67. The second-order valence-corrected chi connectivity index (χ2v) is 7.75. The van der Waals surface area contributed by atoms with E-state index in [-0.39, 0.29) is 23.5 Å². The van der Waals surface area contributed by atoms with Crippen LogP contribution in [-0.2, 0) is 14.6 Å². The Morgan fingerprint density at radius 2 is 2.26 bits per heavy atom. The van der Waals surface area contributed by atoms with Crippen molar-refractivity contribution in [1.29, 1.82) is 0 Å². The number of hydrogen-bond acceptors (Lipinski definition) is 6. The molecule has 1 aromatic heterocycles. The van der Waals surface area contributed by atoms with Crippen LogP contribution in [0.2, 0.25) is 0 Å². The van der Waals surface area contributed by atoms with Gasteiger partial charge < -0.3 is 15.0 Å². The fourth-order valence-corrected chi connectivity index (χ4v) is 4.48. The standard InChI is InChI=1S/C15H23N3O4S/c1-3-18(13-4-7-23(20,21)11-13)14-8-12(9-16-10-14)15(19)17-5-6-22-2/h8-10,13H,3-7,11H2,1-2H3,(H,17,19). The number of ether oxygens (including phenoxy) is 1. The van der Waals surface area contributed by atoms with Crippen LogP contribution >= 0.6 is 0 Å². The van der Waals surface area contributed by atoms with Crippen LogP contribution in [0.4, 0.5) is 5.69 Å². The molecule has 0 saturated carbocycles. The first-order valence-electron chi connectivity index (χ1n) is 7.66. The second kappa shape index (κ2) is 7.74. The molecule has 8 heteroatoms. The number of sulfone groups is 1. The molecule has 128 valence electrons. The zero-order valence-electron chi connectivity index (χ0n) is 13.5. The highest BCUT2D eigenvalue weighted by Gasteiger charge is 2.32. The molecule has 0 aromatic carbocycles. The van der Waals surface area contributed by atoms with E-state index in [1.54, 1.807) is 19.4 Å². The summed E-state index contributed by atoms with van der Waals surface area (Å²) in [6, 6.07) is 1.70. The van der Waals surface area contributed by atoms with Crippen molar-refractivity contribution < 1.29 is 17.9 Å². The highest BCUT2D eigenvalue weighted by atomic mass is 32.2. The molecule has 0 spiro atoms. The Balaban J connectivity index is 2.12. The van der Waals surface area contributed by atoms with Crippen molar-refractivity contribution in [3.05, 3.63) is 24.0 Å². The summed E-state index contributed by atoms with van der Waals surface area (Å²) >= 11 is 0. The monoisotopic (exact) mass is 341 g/mol. The Bertz CT molecular complexity index is 648. The molecule has 1 N–H and O–H groups in total. The Kier molecular flexibility index (Phi) is 5.95. The van der Waals surface area contributed by atoms with Crippen molar-refractivity contribution >= 4 is 21.4 Å². The van der Waals surface area contributed by atoms with Crippen LogP contribution in [0.3, 0.4) is 0 Å². The van der Waals surface area contributed by atoms with Crippen LogP contribution in [-0.4, -0.2) is 63.7 Å². The fraction of sp³-hybridized carbons (Fsp3) is 0.600. The van der Waals surface area contributed by atoms with E-state index < -0.39 is 9.84 Å². The first-order chi connectivity index (χ1) is 11.0. The van der Waals surface area contributed by atoms with E-state index in [4.69, 9.17) is 4.74 Å². The lowest BCUT2D eigenvalue weighted by molar-refractivity contribution is 0.0936. The van der Waals surface area contributed by atoms with E-state index >= 15 is 0 Å². The third-order valence-electron chi connectivity index (χ3n) is 3.90. The van der Waals surface area contributed by atoms with Crippen molar-refractivity contribution in [2.45, 2.75) is 19.4 Å². The van der Waals surface area contributed by atoms with E-state index in [9.17, 15) is 13.2 Å². The number of carbonyl (C=O) groups excluding carboxylic acids is 1. The quantitative estimate of drug-likeness (QED) is 0.725.